The maximum atomic E-state index is 5.66. The molecular formula is C13H21N5. The predicted octanol–water partition coefficient (Wildman–Crippen LogP) is 1.41. The van der Waals surface area contributed by atoms with Crippen molar-refractivity contribution in [3.63, 3.8) is 0 Å². The zero-order chi connectivity index (χ0) is 12.5. The number of anilines is 2. The van der Waals surface area contributed by atoms with Crippen molar-refractivity contribution in [1.82, 2.24) is 14.9 Å². The highest BCUT2D eigenvalue weighted by Gasteiger charge is 2.35. The van der Waals surface area contributed by atoms with E-state index in [2.05, 4.69) is 20.2 Å². The molecule has 2 fully saturated rings. The van der Waals surface area contributed by atoms with Crippen molar-refractivity contribution in [3.8, 4) is 0 Å². The number of nitrogens with zero attached hydrogens (tertiary/aromatic N) is 3. The highest BCUT2D eigenvalue weighted by molar-refractivity contribution is 5.46. The molecule has 2 aliphatic rings. The molecule has 2 atom stereocenters. The Morgan fingerprint density at radius 1 is 1.33 bits per heavy atom. The van der Waals surface area contributed by atoms with Gasteiger partial charge in [-0.15, -0.1) is 0 Å². The number of hydrogen-bond acceptors (Lipinski definition) is 5. The van der Waals surface area contributed by atoms with E-state index in [9.17, 15) is 0 Å². The summed E-state index contributed by atoms with van der Waals surface area (Å²) in [6.45, 7) is 4.49. The first-order chi connectivity index (χ1) is 8.74. The molecule has 1 aromatic rings. The molecule has 0 aromatic carbocycles. The lowest BCUT2D eigenvalue weighted by molar-refractivity contribution is 0.192. The summed E-state index contributed by atoms with van der Waals surface area (Å²) in [6, 6.07) is 1.19. The number of rotatable bonds is 2. The summed E-state index contributed by atoms with van der Waals surface area (Å²) in [5.41, 5.74) is 6.73. The van der Waals surface area contributed by atoms with Crippen LogP contribution in [0.15, 0.2) is 6.20 Å². The molecular weight excluding hydrogens is 226 g/mol. The lowest BCUT2D eigenvalue weighted by Crippen LogP contribution is -2.42. The van der Waals surface area contributed by atoms with Gasteiger partial charge in [0.25, 0.3) is 0 Å². The van der Waals surface area contributed by atoms with E-state index in [1.54, 1.807) is 6.20 Å². The molecule has 5 heteroatoms. The Kier molecular flexibility index (Phi) is 3.07. The number of nitrogens with two attached hydrogens (primary N) is 1. The van der Waals surface area contributed by atoms with Gasteiger partial charge in [-0.3, -0.25) is 4.90 Å². The maximum absolute atomic E-state index is 5.66. The highest BCUT2D eigenvalue weighted by Crippen LogP contribution is 2.29. The first-order valence-corrected chi connectivity index (χ1v) is 6.84. The Bertz CT molecular complexity index is 433. The molecule has 0 radical (unpaired) electrons. The smallest absolute Gasteiger partial charge is 0.221 e. The Balaban J connectivity index is 1.74. The van der Waals surface area contributed by atoms with Crippen LogP contribution < -0.4 is 11.1 Å². The minimum atomic E-state index is 0.349. The molecule has 0 saturated carbocycles. The van der Waals surface area contributed by atoms with E-state index >= 15 is 0 Å². The van der Waals surface area contributed by atoms with Gasteiger partial charge in [0, 0.05) is 30.4 Å². The number of piperidine rings is 1. The molecule has 3 heterocycles. The molecule has 1 aromatic heterocycles. The molecule has 2 saturated heterocycles. The van der Waals surface area contributed by atoms with Crippen molar-refractivity contribution in [2.75, 3.05) is 24.1 Å². The molecule has 3 N–H and O–H groups in total. The molecule has 0 amide bonds. The van der Waals surface area contributed by atoms with E-state index in [0.29, 0.717) is 18.0 Å². The SMILES string of the molecule is Cc1cnc(N)nc1NC1CCN2CCCCC12. The van der Waals surface area contributed by atoms with Gasteiger partial charge in [0.15, 0.2) is 0 Å². The lowest BCUT2D eigenvalue weighted by Gasteiger charge is -2.32. The molecule has 0 aliphatic carbocycles. The molecule has 18 heavy (non-hydrogen) atoms. The van der Waals surface area contributed by atoms with Gasteiger partial charge in [-0.25, -0.2) is 4.98 Å². The van der Waals surface area contributed by atoms with E-state index in [0.717, 1.165) is 11.4 Å². The Labute approximate surface area is 108 Å². The number of fused-ring (bicyclic) bond motifs is 1. The second-order valence-electron chi connectivity index (χ2n) is 5.40. The lowest BCUT2D eigenvalue weighted by atomic mass is 9.99. The van der Waals surface area contributed by atoms with Crippen LogP contribution in [0.4, 0.5) is 11.8 Å². The van der Waals surface area contributed by atoms with E-state index in [-0.39, 0.29) is 0 Å². The van der Waals surface area contributed by atoms with Gasteiger partial charge in [0.05, 0.1) is 0 Å². The molecule has 3 rings (SSSR count). The zero-order valence-electron chi connectivity index (χ0n) is 10.9. The fraction of sp³-hybridized carbons (Fsp3) is 0.692. The highest BCUT2D eigenvalue weighted by atomic mass is 15.2. The summed E-state index contributed by atoms with van der Waals surface area (Å²) in [5.74, 6) is 1.25. The van der Waals surface area contributed by atoms with Gasteiger partial charge in [-0.05, 0) is 32.7 Å². The third kappa shape index (κ3) is 2.14. The van der Waals surface area contributed by atoms with E-state index in [1.165, 1.54) is 38.8 Å². The van der Waals surface area contributed by atoms with Crippen LogP contribution in [0.5, 0.6) is 0 Å². The summed E-state index contributed by atoms with van der Waals surface area (Å²) in [4.78, 5) is 10.9. The average molecular weight is 247 g/mol. The molecule has 2 unspecified atom stereocenters. The van der Waals surface area contributed by atoms with Crippen molar-refractivity contribution in [3.05, 3.63) is 11.8 Å². The second kappa shape index (κ2) is 4.72. The minimum Gasteiger partial charge on any atom is -0.368 e. The first kappa shape index (κ1) is 11.7. The van der Waals surface area contributed by atoms with E-state index < -0.39 is 0 Å². The molecule has 5 nitrogen and oxygen atoms in total. The Morgan fingerprint density at radius 2 is 2.22 bits per heavy atom. The standard InChI is InChI=1S/C13H21N5/c1-9-8-15-13(14)17-12(9)16-10-5-7-18-6-3-2-4-11(10)18/h8,10-11H,2-7H2,1H3,(H3,14,15,16,17). The van der Waals surface area contributed by atoms with Crippen molar-refractivity contribution in [1.29, 1.82) is 0 Å². The predicted molar refractivity (Wildman–Crippen MR) is 72.4 cm³/mol. The topological polar surface area (TPSA) is 67.1 Å². The van der Waals surface area contributed by atoms with Crippen molar-refractivity contribution in [2.24, 2.45) is 0 Å². The van der Waals surface area contributed by atoms with Crippen LogP contribution >= 0.6 is 0 Å². The second-order valence-corrected chi connectivity index (χ2v) is 5.40. The van der Waals surface area contributed by atoms with Crippen molar-refractivity contribution < 1.29 is 0 Å². The van der Waals surface area contributed by atoms with Crippen molar-refractivity contribution in [2.45, 2.75) is 44.7 Å². The summed E-state index contributed by atoms with van der Waals surface area (Å²) in [6.07, 6.45) is 7.00. The number of hydrogen-bond donors (Lipinski definition) is 2. The van der Waals surface area contributed by atoms with E-state index in [4.69, 9.17) is 5.73 Å². The summed E-state index contributed by atoms with van der Waals surface area (Å²) in [7, 11) is 0. The number of aryl methyl sites for hydroxylation is 1. The summed E-state index contributed by atoms with van der Waals surface area (Å²) < 4.78 is 0. The van der Waals surface area contributed by atoms with Crippen LogP contribution in [-0.4, -0.2) is 40.0 Å². The van der Waals surface area contributed by atoms with Gasteiger partial charge < -0.3 is 11.1 Å². The maximum Gasteiger partial charge on any atom is 0.221 e. The van der Waals surface area contributed by atoms with Crippen LogP contribution in [0.2, 0.25) is 0 Å². The Hall–Kier alpha value is -1.36. The normalized spacial score (nSPS) is 28.1. The Morgan fingerprint density at radius 3 is 3.11 bits per heavy atom. The largest absolute Gasteiger partial charge is 0.368 e. The number of nitrogen functional groups attached to an aromatic ring is 1. The quantitative estimate of drug-likeness (QED) is 0.827. The first-order valence-electron chi connectivity index (χ1n) is 6.84. The van der Waals surface area contributed by atoms with Gasteiger partial charge in [-0.2, -0.15) is 4.98 Å². The van der Waals surface area contributed by atoms with Crippen LogP contribution in [-0.2, 0) is 0 Å². The third-order valence-electron chi connectivity index (χ3n) is 4.17. The van der Waals surface area contributed by atoms with Crippen LogP contribution in [0.1, 0.15) is 31.2 Å². The molecule has 0 spiro atoms. The van der Waals surface area contributed by atoms with Crippen molar-refractivity contribution >= 4 is 11.8 Å². The fourth-order valence-corrected chi connectivity index (χ4v) is 3.19. The molecule has 2 aliphatic heterocycles. The summed E-state index contributed by atoms with van der Waals surface area (Å²) in [5, 5.41) is 3.58. The molecule has 0 bridgehead atoms. The molecule has 98 valence electrons. The monoisotopic (exact) mass is 247 g/mol. The zero-order valence-corrected chi connectivity index (χ0v) is 10.9. The summed E-state index contributed by atoms with van der Waals surface area (Å²) >= 11 is 0. The minimum absolute atomic E-state index is 0.349. The van der Waals surface area contributed by atoms with Gasteiger partial charge in [0.2, 0.25) is 5.95 Å². The third-order valence-corrected chi connectivity index (χ3v) is 4.17. The van der Waals surface area contributed by atoms with Crippen LogP contribution in [0.25, 0.3) is 0 Å². The average Bonchev–Trinajstić information content (AvgIpc) is 2.78. The van der Waals surface area contributed by atoms with Crippen LogP contribution in [0, 0.1) is 6.92 Å². The van der Waals surface area contributed by atoms with Gasteiger partial charge in [0.1, 0.15) is 5.82 Å². The van der Waals surface area contributed by atoms with Crippen LogP contribution in [0.3, 0.4) is 0 Å². The van der Waals surface area contributed by atoms with Gasteiger partial charge in [-0.1, -0.05) is 6.42 Å². The number of nitrogens with one attached hydrogen (secondary N) is 1. The van der Waals surface area contributed by atoms with E-state index in [1.807, 2.05) is 6.92 Å². The fourth-order valence-electron chi connectivity index (χ4n) is 3.19. The van der Waals surface area contributed by atoms with Gasteiger partial charge >= 0.3 is 0 Å². The number of aromatic nitrogens is 2.